The van der Waals surface area contributed by atoms with E-state index in [2.05, 4.69) is 26.0 Å². The van der Waals surface area contributed by atoms with Gasteiger partial charge in [-0.1, -0.05) is 154 Å². The zero-order valence-corrected chi connectivity index (χ0v) is 36.3. The van der Waals surface area contributed by atoms with Gasteiger partial charge in [0.15, 0.2) is 6.10 Å². The first-order valence-electron chi connectivity index (χ1n) is 22.5. The molecule has 0 heterocycles. The van der Waals surface area contributed by atoms with Gasteiger partial charge in [-0.25, -0.2) is 4.57 Å². The van der Waals surface area contributed by atoms with Crippen molar-refractivity contribution in [3.8, 4) is 0 Å². The molecule has 0 bridgehead atoms. The Morgan fingerprint density at radius 1 is 0.526 bits per heavy atom. The molecule has 6 unspecified atom stereocenters. The predicted molar refractivity (Wildman–Crippen MR) is 221 cm³/mol. The number of rotatable bonds is 37. The van der Waals surface area contributed by atoms with Crippen LogP contribution in [0, 0.1) is 0 Å². The number of phosphoric ester groups is 1. The standard InChI is InChI=1S/C43H81O13P/c1-3-5-7-9-11-13-15-17-19-21-23-25-27-29-31-36(44)53-33-35(34-54-57(51,52)56-43-41(49)39(47)38(46)40(48)42(43)50)55-37(45)32-30-28-26-24-22-20-18-16-14-12-10-8-6-4-2/h16,18,35,38-43,46-50H,3-15,17,19-34H2,1-2H3,(H,51,52)/b18-16-/t35-,38?,39-,40?,41?,42?,43?/m1/s1. The van der Waals surface area contributed by atoms with Crippen molar-refractivity contribution in [2.24, 2.45) is 0 Å². The van der Waals surface area contributed by atoms with E-state index in [1.165, 1.54) is 96.3 Å². The van der Waals surface area contributed by atoms with E-state index in [9.17, 15) is 44.6 Å². The molecule has 1 fully saturated rings. The third-order valence-electron chi connectivity index (χ3n) is 10.6. The maximum Gasteiger partial charge on any atom is 0.472 e. The van der Waals surface area contributed by atoms with Crippen LogP contribution in [0.3, 0.4) is 0 Å². The Hall–Kier alpha value is -1.41. The molecule has 0 aliphatic heterocycles. The highest BCUT2D eigenvalue weighted by molar-refractivity contribution is 7.47. The van der Waals surface area contributed by atoms with Crippen LogP contribution in [0.1, 0.15) is 194 Å². The molecule has 0 amide bonds. The molecule has 336 valence electrons. The monoisotopic (exact) mass is 837 g/mol. The van der Waals surface area contributed by atoms with Crippen LogP contribution in [0.2, 0.25) is 0 Å². The van der Waals surface area contributed by atoms with Crippen LogP contribution in [0.5, 0.6) is 0 Å². The van der Waals surface area contributed by atoms with Gasteiger partial charge < -0.3 is 39.9 Å². The predicted octanol–water partition coefficient (Wildman–Crippen LogP) is 8.28. The van der Waals surface area contributed by atoms with Crippen molar-refractivity contribution < 1.29 is 63.1 Å². The van der Waals surface area contributed by atoms with Gasteiger partial charge in [0.25, 0.3) is 0 Å². The first-order chi connectivity index (χ1) is 27.4. The lowest BCUT2D eigenvalue weighted by Gasteiger charge is -2.41. The van der Waals surface area contributed by atoms with Crippen molar-refractivity contribution in [2.45, 2.75) is 236 Å². The number of allylic oxidation sites excluding steroid dienone is 2. The Labute approximate surface area is 343 Å². The second-order valence-corrected chi connectivity index (χ2v) is 17.3. The third-order valence-corrected chi connectivity index (χ3v) is 11.6. The highest BCUT2D eigenvalue weighted by atomic mass is 31.2. The number of unbranched alkanes of at least 4 members (excludes halogenated alkanes) is 23. The van der Waals surface area contributed by atoms with Crippen molar-refractivity contribution in [2.75, 3.05) is 13.2 Å². The van der Waals surface area contributed by atoms with Crippen molar-refractivity contribution in [3.05, 3.63) is 12.2 Å². The van der Waals surface area contributed by atoms with E-state index in [0.717, 1.165) is 57.8 Å². The van der Waals surface area contributed by atoms with Crippen LogP contribution in [0.25, 0.3) is 0 Å². The maximum atomic E-state index is 12.8. The number of aliphatic hydroxyl groups excluding tert-OH is 5. The van der Waals surface area contributed by atoms with E-state index in [1.54, 1.807) is 0 Å². The summed E-state index contributed by atoms with van der Waals surface area (Å²) >= 11 is 0. The van der Waals surface area contributed by atoms with Gasteiger partial charge in [-0.05, 0) is 38.5 Å². The second-order valence-electron chi connectivity index (χ2n) is 15.9. The fraction of sp³-hybridized carbons (Fsp3) is 0.907. The average molecular weight is 837 g/mol. The summed E-state index contributed by atoms with van der Waals surface area (Å²) in [7, 11) is -5.11. The average Bonchev–Trinajstić information content (AvgIpc) is 3.19. The summed E-state index contributed by atoms with van der Waals surface area (Å²) in [6, 6.07) is 0. The summed E-state index contributed by atoms with van der Waals surface area (Å²) in [6.45, 7) is 3.28. The van der Waals surface area contributed by atoms with Crippen LogP contribution in [-0.2, 0) is 32.7 Å². The summed E-state index contributed by atoms with van der Waals surface area (Å²) in [6.07, 6.45) is 21.2. The minimum atomic E-state index is -5.11. The molecule has 1 saturated carbocycles. The molecule has 57 heavy (non-hydrogen) atoms. The van der Waals surface area contributed by atoms with Crippen LogP contribution in [0.15, 0.2) is 12.2 Å². The summed E-state index contributed by atoms with van der Waals surface area (Å²) in [4.78, 5) is 35.6. The third kappa shape index (κ3) is 27.1. The lowest BCUT2D eigenvalue weighted by Crippen LogP contribution is -2.64. The van der Waals surface area contributed by atoms with Crippen LogP contribution in [-0.4, -0.2) is 98.3 Å². The summed E-state index contributed by atoms with van der Waals surface area (Å²) < 4.78 is 33.5. The Kier molecular flexibility index (Phi) is 32.3. The molecule has 0 aromatic heterocycles. The number of hydrogen-bond donors (Lipinski definition) is 6. The van der Waals surface area contributed by atoms with E-state index < -0.39 is 75.7 Å². The number of carbonyl (C=O) groups excluding carboxylic acids is 2. The highest BCUT2D eigenvalue weighted by Crippen LogP contribution is 2.47. The number of esters is 2. The SMILES string of the molecule is CCCCCCC/C=C\CCCCCCCC(=O)O[C@H](COC(=O)CCCCCCCCCCCCCCCC)COP(=O)(O)OC1C(O)C(O)C(O)[C@@H](O)C1O. The van der Waals surface area contributed by atoms with Gasteiger partial charge in [0, 0.05) is 12.8 Å². The Morgan fingerprint density at radius 3 is 1.33 bits per heavy atom. The van der Waals surface area contributed by atoms with Crippen LogP contribution in [0.4, 0.5) is 0 Å². The van der Waals surface area contributed by atoms with Gasteiger partial charge in [-0.2, -0.15) is 0 Å². The van der Waals surface area contributed by atoms with Crippen molar-refractivity contribution in [1.82, 2.24) is 0 Å². The number of hydrogen-bond acceptors (Lipinski definition) is 12. The number of ether oxygens (including phenoxy) is 2. The van der Waals surface area contributed by atoms with Gasteiger partial charge in [-0.3, -0.25) is 18.6 Å². The molecule has 1 aliphatic carbocycles. The minimum absolute atomic E-state index is 0.0906. The number of phosphoric acid groups is 1. The normalized spacial score (nSPS) is 22.7. The molecule has 0 aromatic rings. The van der Waals surface area contributed by atoms with Crippen molar-refractivity contribution >= 4 is 19.8 Å². The zero-order valence-electron chi connectivity index (χ0n) is 35.4. The molecule has 0 aromatic carbocycles. The second kappa shape index (κ2) is 34.3. The largest absolute Gasteiger partial charge is 0.472 e. The molecular weight excluding hydrogens is 755 g/mol. The molecule has 1 aliphatic rings. The maximum absolute atomic E-state index is 12.8. The molecule has 0 radical (unpaired) electrons. The van der Waals surface area contributed by atoms with E-state index in [-0.39, 0.29) is 12.8 Å². The van der Waals surface area contributed by atoms with Crippen molar-refractivity contribution in [3.63, 3.8) is 0 Å². The van der Waals surface area contributed by atoms with Gasteiger partial charge in [0.1, 0.15) is 43.2 Å². The number of carbonyl (C=O) groups is 2. The topological polar surface area (TPSA) is 210 Å². The fourth-order valence-corrected chi connectivity index (χ4v) is 7.90. The van der Waals surface area contributed by atoms with E-state index in [4.69, 9.17) is 18.5 Å². The number of aliphatic hydroxyl groups is 5. The van der Waals surface area contributed by atoms with Crippen molar-refractivity contribution in [1.29, 1.82) is 0 Å². The van der Waals surface area contributed by atoms with E-state index in [1.807, 2.05) is 0 Å². The summed E-state index contributed by atoms with van der Waals surface area (Å²) in [5, 5.41) is 50.1. The summed E-state index contributed by atoms with van der Waals surface area (Å²) in [5.41, 5.74) is 0. The van der Waals surface area contributed by atoms with Gasteiger partial charge in [-0.15, -0.1) is 0 Å². The van der Waals surface area contributed by atoms with Gasteiger partial charge in [0.2, 0.25) is 0 Å². The fourth-order valence-electron chi connectivity index (χ4n) is 6.93. The minimum Gasteiger partial charge on any atom is -0.462 e. The molecule has 13 nitrogen and oxygen atoms in total. The quantitative estimate of drug-likeness (QED) is 0.0151. The first-order valence-corrected chi connectivity index (χ1v) is 24.0. The van der Waals surface area contributed by atoms with Gasteiger partial charge >= 0.3 is 19.8 Å². The highest BCUT2D eigenvalue weighted by Gasteiger charge is 2.51. The summed E-state index contributed by atoms with van der Waals surface area (Å²) in [5.74, 6) is -1.10. The first kappa shape index (κ1) is 53.6. The Bertz CT molecular complexity index is 1060. The molecule has 1 rings (SSSR count). The molecule has 0 saturated heterocycles. The smallest absolute Gasteiger partial charge is 0.462 e. The molecule has 14 heteroatoms. The van der Waals surface area contributed by atoms with Crippen LogP contribution < -0.4 is 0 Å². The molecular formula is C43H81O13P. The molecule has 0 spiro atoms. The van der Waals surface area contributed by atoms with E-state index >= 15 is 0 Å². The van der Waals surface area contributed by atoms with Crippen LogP contribution >= 0.6 is 7.82 Å². The van der Waals surface area contributed by atoms with Gasteiger partial charge in [0.05, 0.1) is 6.61 Å². The Morgan fingerprint density at radius 2 is 0.895 bits per heavy atom. The Balaban J connectivity index is 2.48. The molecule has 8 atom stereocenters. The lowest BCUT2D eigenvalue weighted by atomic mass is 9.85. The molecule has 6 N–H and O–H groups in total. The van der Waals surface area contributed by atoms with E-state index in [0.29, 0.717) is 12.8 Å². The zero-order chi connectivity index (χ0) is 42.2. The lowest BCUT2D eigenvalue weighted by molar-refractivity contribution is -0.220.